The van der Waals surface area contributed by atoms with Gasteiger partial charge < -0.3 is 14.4 Å². The summed E-state index contributed by atoms with van der Waals surface area (Å²) >= 11 is 3.22. The first-order chi connectivity index (χ1) is 8.58. The van der Waals surface area contributed by atoms with Gasteiger partial charge in [0.1, 0.15) is 11.3 Å². The minimum Gasteiger partial charge on any atom is -0.477 e. The van der Waals surface area contributed by atoms with Crippen molar-refractivity contribution in [2.45, 2.75) is 0 Å². The highest BCUT2D eigenvalue weighted by molar-refractivity contribution is 9.10. The molecule has 0 spiro atoms. The topological polar surface area (TPSA) is 89.6 Å². The lowest BCUT2D eigenvalue weighted by Crippen LogP contribution is -2.12. The number of benzene rings is 1. The van der Waals surface area contributed by atoms with Gasteiger partial charge >= 0.3 is 11.9 Å². The minimum atomic E-state index is -1.31. The Morgan fingerprint density at radius 3 is 2.83 bits per heavy atom. The summed E-state index contributed by atoms with van der Waals surface area (Å²) in [5.41, 5.74) is -0.338. The lowest BCUT2D eigenvalue weighted by Gasteiger charge is -2.02. The molecule has 0 saturated carbocycles. The largest absolute Gasteiger partial charge is 0.477 e. The SMILES string of the molecule is O=C(O)c1cnoc1C(=O)Oc1cccc(Br)c1. The number of rotatable bonds is 3. The first-order valence-electron chi connectivity index (χ1n) is 4.73. The molecule has 0 aliphatic heterocycles. The van der Waals surface area contributed by atoms with Crippen molar-refractivity contribution in [3.8, 4) is 5.75 Å². The number of carboxylic acids is 1. The van der Waals surface area contributed by atoms with Crippen molar-refractivity contribution in [1.29, 1.82) is 0 Å². The Hall–Kier alpha value is -2.15. The molecule has 1 N–H and O–H groups in total. The molecule has 0 atom stereocenters. The number of aromatic nitrogens is 1. The molecule has 6 nitrogen and oxygen atoms in total. The molecule has 7 heteroatoms. The molecular formula is C11H6BrNO5. The summed E-state index contributed by atoms with van der Waals surface area (Å²) in [5, 5.41) is 12.1. The van der Waals surface area contributed by atoms with Gasteiger partial charge in [0.25, 0.3) is 5.76 Å². The fourth-order valence-electron chi connectivity index (χ4n) is 1.22. The first kappa shape index (κ1) is 12.3. The van der Waals surface area contributed by atoms with E-state index in [1.165, 1.54) is 0 Å². The normalized spacial score (nSPS) is 10.1. The second-order valence-corrected chi connectivity index (χ2v) is 4.14. The Morgan fingerprint density at radius 2 is 2.17 bits per heavy atom. The maximum absolute atomic E-state index is 11.7. The van der Waals surface area contributed by atoms with Gasteiger partial charge in [-0.05, 0) is 18.2 Å². The van der Waals surface area contributed by atoms with E-state index in [1.54, 1.807) is 24.3 Å². The Labute approximate surface area is 109 Å². The van der Waals surface area contributed by atoms with Gasteiger partial charge in [-0.15, -0.1) is 0 Å². The smallest absolute Gasteiger partial charge is 0.383 e. The van der Waals surface area contributed by atoms with E-state index >= 15 is 0 Å². The van der Waals surface area contributed by atoms with Gasteiger partial charge in [0.2, 0.25) is 0 Å². The molecular weight excluding hydrogens is 306 g/mol. The van der Waals surface area contributed by atoms with Crippen molar-refractivity contribution in [2.24, 2.45) is 0 Å². The predicted molar refractivity (Wildman–Crippen MR) is 62.6 cm³/mol. The van der Waals surface area contributed by atoms with Crippen LogP contribution in [-0.4, -0.2) is 22.2 Å². The number of aromatic carboxylic acids is 1. The van der Waals surface area contributed by atoms with Gasteiger partial charge in [0, 0.05) is 4.47 Å². The zero-order valence-corrected chi connectivity index (χ0v) is 10.4. The van der Waals surface area contributed by atoms with E-state index in [0.29, 0.717) is 0 Å². The number of ether oxygens (including phenoxy) is 1. The third-order valence-electron chi connectivity index (χ3n) is 1.99. The summed E-state index contributed by atoms with van der Waals surface area (Å²) in [6.07, 6.45) is 0.944. The predicted octanol–water partition coefficient (Wildman–Crippen LogP) is 2.35. The Bertz CT molecular complexity index is 607. The van der Waals surface area contributed by atoms with Crippen LogP contribution in [0.3, 0.4) is 0 Å². The zero-order chi connectivity index (χ0) is 13.1. The van der Waals surface area contributed by atoms with Crippen molar-refractivity contribution in [3.63, 3.8) is 0 Å². The Morgan fingerprint density at radius 1 is 1.39 bits per heavy atom. The van der Waals surface area contributed by atoms with Crippen LogP contribution in [0.1, 0.15) is 20.9 Å². The van der Waals surface area contributed by atoms with Gasteiger partial charge in [0.15, 0.2) is 0 Å². The van der Waals surface area contributed by atoms with Gasteiger partial charge in [-0.3, -0.25) is 0 Å². The molecule has 1 aromatic heterocycles. The zero-order valence-electron chi connectivity index (χ0n) is 8.79. The van der Waals surface area contributed by atoms with Crippen LogP contribution in [0.5, 0.6) is 5.75 Å². The van der Waals surface area contributed by atoms with Crippen LogP contribution in [0, 0.1) is 0 Å². The van der Waals surface area contributed by atoms with E-state index < -0.39 is 17.7 Å². The average Bonchev–Trinajstić information content (AvgIpc) is 2.77. The van der Waals surface area contributed by atoms with Crippen LogP contribution >= 0.6 is 15.9 Å². The van der Waals surface area contributed by atoms with Crippen LogP contribution in [0.15, 0.2) is 39.5 Å². The number of carboxylic acid groups (broad SMARTS) is 1. The van der Waals surface area contributed by atoms with Gasteiger partial charge in [0.05, 0.1) is 6.20 Å². The molecule has 0 radical (unpaired) electrons. The van der Waals surface area contributed by atoms with Crippen LogP contribution < -0.4 is 4.74 Å². The highest BCUT2D eigenvalue weighted by Gasteiger charge is 2.23. The number of hydrogen-bond acceptors (Lipinski definition) is 5. The molecule has 1 aromatic carbocycles. The molecule has 0 bridgehead atoms. The van der Waals surface area contributed by atoms with E-state index in [-0.39, 0.29) is 11.3 Å². The lowest BCUT2D eigenvalue weighted by atomic mass is 10.2. The van der Waals surface area contributed by atoms with E-state index in [0.717, 1.165) is 10.7 Å². The number of carbonyl (C=O) groups excluding carboxylic acids is 1. The van der Waals surface area contributed by atoms with Crippen LogP contribution in [-0.2, 0) is 0 Å². The molecule has 0 unspecified atom stereocenters. The Balaban J connectivity index is 2.22. The standard InChI is InChI=1S/C11H6BrNO5/c12-6-2-1-3-7(4-6)17-11(16)9-8(10(14)15)5-13-18-9/h1-5H,(H,14,15). The maximum atomic E-state index is 11.7. The number of nitrogens with zero attached hydrogens (tertiary/aromatic N) is 1. The molecule has 2 rings (SSSR count). The van der Waals surface area contributed by atoms with Crippen molar-refractivity contribution in [3.05, 3.63) is 46.3 Å². The fourth-order valence-corrected chi connectivity index (χ4v) is 1.60. The second-order valence-electron chi connectivity index (χ2n) is 3.22. The van der Waals surface area contributed by atoms with E-state index in [9.17, 15) is 9.59 Å². The van der Waals surface area contributed by atoms with Gasteiger partial charge in [-0.2, -0.15) is 0 Å². The summed E-state index contributed by atoms with van der Waals surface area (Å²) in [4.78, 5) is 22.5. The highest BCUT2D eigenvalue weighted by Crippen LogP contribution is 2.19. The Kier molecular flexibility index (Phi) is 3.42. The fraction of sp³-hybridized carbons (Fsp3) is 0. The molecule has 0 fully saturated rings. The number of carbonyl (C=O) groups is 2. The summed E-state index contributed by atoms with van der Waals surface area (Å²) in [6.45, 7) is 0. The quantitative estimate of drug-likeness (QED) is 0.691. The maximum Gasteiger partial charge on any atom is 0.383 e. The molecule has 18 heavy (non-hydrogen) atoms. The van der Waals surface area contributed by atoms with Gasteiger partial charge in [-0.1, -0.05) is 27.2 Å². The molecule has 0 aliphatic carbocycles. The summed E-state index contributed by atoms with van der Waals surface area (Å²) in [5.74, 6) is -2.40. The number of esters is 1. The van der Waals surface area contributed by atoms with Crippen LogP contribution in [0.2, 0.25) is 0 Å². The number of hydrogen-bond donors (Lipinski definition) is 1. The third-order valence-corrected chi connectivity index (χ3v) is 2.49. The van der Waals surface area contributed by atoms with Crippen molar-refractivity contribution < 1.29 is 24.0 Å². The van der Waals surface area contributed by atoms with E-state index in [2.05, 4.69) is 25.6 Å². The summed E-state index contributed by atoms with van der Waals surface area (Å²) in [7, 11) is 0. The molecule has 0 amide bonds. The van der Waals surface area contributed by atoms with Crippen molar-refractivity contribution >= 4 is 27.9 Å². The van der Waals surface area contributed by atoms with Crippen LogP contribution in [0.4, 0.5) is 0 Å². The average molecular weight is 312 g/mol. The van der Waals surface area contributed by atoms with Gasteiger partial charge in [-0.25, -0.2) is 9.59 Å². The van der Waals surface area contributed by atoms with Crippen molar-refractivity contribution in [2.75, 3.05) is 0 Å². The van der Waals surface area contributed by atoms with E-state index in [1.807, 2.05) is 0 Å². The first-order valence-corrected chi connectivity index (χ1v) is 5.53. The van der Waals surface area contributed by atoms with Crippen molar-refractivity contribution in [1.82, 2.24) is 5.16 Å². The molecule has 92 valence electrons. The highest BCUT2D eigenvalue weighted by atomic mass is 79.9. The lowest BCUT2D eigenvalue weighted by molar-refractivity contribution is 0.0644. The van der Waals surface area contributed by atoms with Crippen LogP contribution in [0.25, 0.3) is 0 Å². The molecule has 1 heterocycles. The molecule has 2 aromatic rings. The third kappa shape index (κ3) is 2.57. The van der Waals surface area contributed by atoms with E-state index in [4.69, 9.17) is 9.84 Å². The summed E-state index contributed by atoms with van der Waals surface area (Å²) < 4.78 is 10.3. The number of halogens is 1. The molecule has 0 aliphatic rings. The second kappa shape index (κ2) is 5.01. The summed E-state index contributed by atoms with van der Waals surface area (Å²) in [6, 6.07) is 6.55. The minimum absolute atomic E-state index is 0.266. The monoisotopic (exact) mass is 311 g/mol. The molecule has 0 saturated heterocycles.